The van der Waals surface area contributed by atoms with E-state index < -0.39 is 0 Å². The van der Waals surface area contributed by atoms with E-state index in [0.717, 1.165) is 24.3 Å². The van der Waals surface area contributed by atoms with Crippen molar-refractivity contribution in [2.24, 2.45) is 5.92 Å². The van der Waals surface area contributed by atoms with E-state index in [1.54, 1.807) is 12.5 Å². The molecule has 132 valence electrons. The second-order valence-electron chi connectivity index (χ2n) is 7.10. The summed E-state index contributed by atoms with van der Waals surface area (Å²) < 4.78 is 1.86. The molecule has 1 saturated carbocycles. The van der Waals surface area contributed by atoms with Crippen molar-refractivity contribution in [1.29, 1.82) is 0 Å². The first-order valence-corrected chi connectivity index (χ1v) is 9.29. The molecule has 1 unspecified atom stereocenters. The first-order chi connectivity index (χ1) is 12.3. The van der Waals surface area contributed by atoms with Crippen LogP contribution >= 0.6 is 0 Å². The molecule has 3 heterocycles. The van der Waals surface area contributed by atoms with Gasteiger partial charge in [0.15, 0.2) is 0 Å². The topological polar surface area (TPSA) is 63.1 Å². The predicted octanol–water partition coefficient (Wildman–Crippen LogP) is 3.13. The molecule has 1 atom stereocenters. The van der Waals surface area contributed by atoms with Crippen LogP contribution in [0.4, 0.5) is 4.79 Å². The zero-order valence-electron chi connectivity index (χ0n) is 14.5. The normalized spacial score (nSPS) is 21.0. The van der Waals surface area contributed by atoms with Crippen LogP contribution < -0.4 is 5.32 Å². The highest BCUT2D eigenvalue weighted by Crippen LogP contribution is 2.35. The molecule has 25 heavy (non-hydrogen) atoms. The third-order valence-corrected chi connectivity index (χ3v) is 5.53. The molecule has 1 aliphatic heterocycles. The van der Waals surface area contributed by atoms with Crippen LogP contribution in [0, 0.1) is 5.92 Å². The van der Waals surface area contributed by atoms with Gasteiger partial charge in [-0.2, -0.15) is 0 Å². The fourth-order valence-corrected chi connectivity index (χ4v) is 4.22. The molecule has 2 aromatic heterocycles. The number of nitrogens with zero attached hydrogens (tertiary/aromatic N) is 4. The summed E-state index contributed by atoms with van der Waals surface area (Å²) in [6, 6.07) is 4.47. The van der Waals surface area contributed by atoms with Crippen molar-refractivity contribution < 1.29 is 4.79 Å². The van der Waals surface area contributed by atoms with E-state index >= 15 is 0 Å². The quantitative estimate of drug-likeness (QED) is 0.931. The lowest BCUT2D eigenvalue weighted by molar-refractivity contribution is 0.172. The van der Waals surface area contributed by atoms with Gasteiger partial charge < -0.3 is 10.2 Å². The molecule has 1 saturated heterocycles. The summed E-state index contributed by atoms with van der Waals surface area (Å²) in [5.74, 6) is 1.54. The Morgan fingerprint density at radius 2 is 2.08 bits per heavy atom. The third-order valence-electron chi connectivity index (χ3n) is 5.53. The lowest BCUT2D eigenvalue weighted by Crippen LogP contribution is -2.45. The number of hydrogen-bond acceptors (Lipinski definition) is 3. The van der Waals surface area contributed by atoms with Crippen LogP contribution in [0.2, 0.25) is 0 Å². The Hall–Kier alpha value is -2.37. The molecular formula is C19H25N5O. The van der Waals surface area contributed by atoms with Crippen LogP contribution in [0.3, 0.4) is 0 Å². The molecule has 2 aliphatic rings. The molecule has 2 aromatic rings. The maximum Gasteiger partial charge on any atom is 0.317 e. The standard InChI is InChI=1S/C19H25N5O/c25-19(24-10-3-6-17(24)16-4-1-2-5-16)22-13-15-7-8-18(21-12-15)23-11-9-20-14-23/h7-9,11-12,14,16-17H,1-6,10,13H2,(H,22,25). The maximum atomic E-state index is 12.6. The van der Waals surface area contributed by atoms with Crippen molar-refractivity contribution >= 4 is 6.03 Å². The third kappa shape index (κ3) is 3.52. The number of rotatable bonds is 4. The Morgan fingerprint density at radius 3 is 2.80 bits per heavy atom. The van der Waals surface area contributed by atoms with E-state index in [9.17, 15) is 4.79 Å². The molecule has 4 rings (SSSR count). The van der Waals surface area contributed by atoms with Gasteiger partial charge >= 0.3 is 6.03 Å². The predicted molar refractivity (Wildman–Crippen MR) is 95.3 cm³/mol. The van der Waals surface area contributed by atoms with Crippen LogP contribution in [0.5, 0.6) is 0 Å². The van der Waals surface area contributed by atoms with Crippen LogP contribution in [0.25, 0.3) is 5.82 Å². The zero-order valence-corrected chi connectivity index (χ0v) is 14.5. The molecule has 0 aromatic carbocycles. The van der Waals surface area contributed by atoms with Crippen molar-refractivity contribution in [2.75, 3.05) is 6.54 Å². The highest BCUT2D eigenvalue weighted by atomic mass is 16.2. The highest BCUT2D eigenvalue weighted by molar-refractivity contribution is 5.74. The molecule has 0 bridgehead atoms. The minimum atomic E-state index is 0.0769. The van der Waals surface area contributed by atoms with Crippen LogP contribution in [-0.2, 0) is 6.54 Å². The van der Waals surface area contributed by atoms with Gasteiger partial charge in [-0.1, -0.05) is 18.9 Å². The minimum absolute atomic E-state index is 0.0769. The second-order valence-corrected chi connectivity index (χ2v) is 7.10. The molecule has 0 spiro atoms. The van der Waals surface area contributed by atoms with Gasteiger partial charge in [-0.3, -0.25) is 4.57 Å². The number of amides is 2. The fourth-order valence-electron chi connectivity index (χ4n) is 4.22. The van der Waals surface area contributed by atoms with Crippen molar-refractivity contribution in [1.82, 2.24) is 24.8 Å². The fraction of sp³-hybridized carbons (Fsp3) is 0.526. The largest absolute Gasteiger partial charge is 0.334 e. The summed E-state index contributed by atoms with van der Waals surface area (Å²) in [4.78, 5) is 23.2. The number of carbonyl (C=O) groups excluding carboxylic acids is 1. The van der Waals surface area contributed by atoms with E-state index in [0.29, 0.717) is 18.5 Å². The Bertz CT molecular complexity index is 691. The molecular weight excluding hydrogens is 314 g/mol. The summed E-state index contributed by atoms with van der Waals surface area (Å²) in [6.45, 7) is 1.41. The molecule has 2 amide bonds. The number of carbonyl (C=O) groups is 1. The van der Waals surface area contributed by atoms with Crippen molar-refractivity contribution in [2.45, 2.75) is 51.1 Å². The number of imidazole rings is 1. The van der Waals surface area contributed by atoms with Crippen molar-refractivity contribution in [3.63, 3.8) is 0 Å². The second kappa shape index (κ2) is 7.25. The monoisotopic (exact) mass is 339 g/mol. The van der Waals surface area contributed by atoms with E-state index in [1.807, 2.05) is 29.1 Å². The summed E-state index contributed by atoms with van der Waals surface area (Å²) in [7, 11) is 0. The van der Waals surface area contributed by atoms with Gasteiger partial charge in [0.25, 0.3) is 0 Å². The summed E-state index contributed by atoms with van der Waals surface area (Å²) >= 11 is 0. The average Bonchev–Trinajstić information content (AvgIpc) is 3.41. The van der Waals surface area contributed by atoms with E-state index in [2.05, 4.69) is 20.2 Å². The van der Waals surface area contributed by atoms with Crippen LogP contribution in [0.15, 0.2) is 37.1 Å². The maximum absolute atomic E-state index is 12.6. The Kier molecular flexibility index (Phi) is 4.68. The van der Waals surface area contributed by atoms with Gasteiger partial charge in [-0.25, -0.2) is 14.8 Å². The SMILES string of the molecule is O=C(NCc1ccc(-n2ccnc2)nc1)N1CCCC1C1CCCC1. The molecule has 0 radical (unpaired) electrons. The lowest BCUT2D eigenvalue weighted by Gasteiger charge is -2.29. The van der Waals surface area contributed by atoms with Gasteiger partial charge in [0.2, 0.25) is 0 Å². The smallest absolute Gasteiger partial charge is 0.317 e. The van der Waals surface area contributed by atoms with Crippen LogP contribution in [-0.4, -0.2) is 38.1 Å². The van der Waals surface area contributed by atoms with Gasteiger partial charge in [0, 0.05) is 37.7 Å². The number of hydrogen-bond donors (Lipinski definition) is 1. The zero-order chi connectivity index (χ0) is 17.1. The van der Waals surface area contributed by atoms with Gasteiger partial charge in [0.1, 0.15) is 12.1 Å². The number of aromatic nitrogens is 3. The highest BCUT2D eigenvalue weighted by Gasteiger charge is 2.35. The molecule has 6 heteroatoms. The minimum Gasteiger partial charge on any atom is -0.334 e. The molecule has 1 aliphatic carbocycles. The van der Waals surface area contributed by atoms with Gasteiger partial charge in [-0.15, -0.1) is 0 Å². The van der Waals surface area contributed by atoms with E-state index in [4.69, 9.17) is 0 Å². The Labute approximate surface area is 148 Å². The number of urea groups is 1. The molecule has 6 nitrogen and oxygen atoms in total. The summed E-state index contributed by atoms with van der Waals surface area (Å²) in [5, 5.41) is 3.08. The Morgan fingerprint density at radius 1 is 1.20 bits per heavy atom. The lowest BCUT2D eigenvalue weighted by atomic mass is 9.96. The molecule has 1 N–H and O–H groups in total. The van der Waals surface area contributed by atoms with Crippen molar-refractivity contribution in [3.05, 3.63) is 42.6 Å². The van der Waals surface area contributed by atoms with E-state index in [1.165, 1.54) is 32.1 Å². The Balaban J connectivity index is 1.33. The van der Waals surface area contributed by atoms with Gasteiger partial charge in [0.05, 0.1) is 0 Å². The number of nitrogens with one attached hydrogen (secondary N) is 1. The summed E-state index contributed by atoms with van der Waals surface area (Å²) in [6.07, 6.45) is 14.6. The van der Waals surface area contributed by atoms with E-state index in [-0.39, 0.29) is 6.03 Å². The average molecular weight is 339 g/mol. The number of likely N-dealkylation sites (tertiary alicyclic amines) is 1. The first kappa shape index (κ1) is 16.1. The van der Waals surface area contributed by atoms with Crippen LogP contribution in [0.1, 0.15) is 44.1 Å². The summed E-state index contributed by atoms with van der Waals surface area (Å²) in [5.41, 5.74) is 1.01. The first-order valence-electron chi connectivity index (χ1n) is 9.29. The van der Waals surface area contributed by atoms with Gasteiger partial charge in [-0.05, 0) is 43.2 Å². The number of pyridine rings is 1. The molecule has 2 fully saturated rings. The van der Waals surface area contributed by atoms with Crippen molar-refractivity contribution in [3.8, 4) is 5.82 Å².